The summed E-state index contributed by atoms with van der Waals surface area (Å²) in [5, 5.41) is 12.5. The van der Waals surface area contributed by atoms with Crippen LogP contribution < -0.4 is 10.1 Å². The van der Waals surface area contributed by atoms with E-state index in [4.69, 9.17) is 21.4 Å². The molecule has 1 aromatic rings. The van der Waals surface area contributed by atoms with Crippen LogP contribution in [0.4, 0.5) is 5.69 Å². The number of rotatable bonds is 5. The molecule has 0 spiro atoms. The van der Waals surface area contributed by atoms with E-state index in [2.05, 4.69) is 5.32 Å². The summed E-state index contributed by atoms with van der Waals surface area (Å²) in [5.41, 5.74) is 0.881. The summed E-state index contributed by atoms with van der Waals surface area (Å²) >= 11 is 5.98. The minimum Gasteiger partial charge on any atom is -0.495 e. The van der Waals surface area contributed by atoms with Crippen LogP contribution in [-0.2, 0) is 4.79 Å². The van der Waals surface area contributed by atoms with Crippen molar-refractivity contribution in [2.24, 2.45) is 11.8 Å². The van der Waals surface area contributed by atoms with E-state index >= 15 is 0 Å². The van der Waals surface area contributed by atoms with Crippen LogP contribution in [0, 0.1) is 11.8 Å². The molecule has 0 bridgehead atoms. The zero-order chi connectivity index (χ0) is 12.4. The Labute approximate surface area is 105 Å². The SMILES string of the molecule is COc1ccc(NCC2CC2C(=O)O)cc1Cl. The monoisotopic (exact) mass is 255 g/mol. The average Bonchev–Trinajstić information content (AvgIpc) is 3.06. The molecule has 5 heteroatoms. The number of halogens is 1. The maximum Gasteiger partial charge on any atom is 0.306 e. The summed E-state index contributed by atoms with van der Waals surface area (Å²) in [7, 11) is 1.57. The molecule has 1 aromatic carbocycles. The number of carbonyl (C=O) groups is 1. The molecule has 2 atom stereocenters. The van der Waals surface area contributed by atoms with Gasteiger partial charge in [0.1, 0.15) is 5.75 Å². The lowest BCUT2D eigenvalue weighted by Crippen LogP contribution is -2.08. The smallest absolute Gasteiger partial charge is 0.306 e. The molecule has 1 aliphatic rings. The molecule has 2 rings (SSSR count). The number of anilines is 1. The Kier molecular flexibility index (Phi) is 3.43. The van der Waals surface area contributed by atoms with Crippen LogP contribution in [-0.4, -0.2) is 24.7 Å². The maximum atomic E-state index is 10.7. The summed E-state index contributed by atoms with van der Waals surface area (Å²) in [6, 6.07) is 5.42. The van der Waals surface area contributed by atoms with Crippen LogP contribution in [0.1, 0.15) is 6.42 Å². The van der Waals surface area contributed by atoms with Crippen molar-refractivity contribution in [1.82, 2.24) is 0 Å². The normalized spacial score (nSPS) is 22.0. The zero-order valence-corrected chi connectivity index (χ0v) is 10.2. The summed E-state index contributed by atoms with van der Waals surface area (Å²) in [4.78, 5) is 10.7. The third-order valence-corrected chi connectivity index (χ3v) is 3.26. The van der Waals surface area contributed by atoms with Crippen molar-refractivity contribution in [2.45, 2.75) is 6.42 Å². The number of carboxylic acid groups (broad SMARTS) is 1. The van der Waals surface area contributed by atoms with Crippen molar-refractivity contribution < 1.29 is 14.6 Å². The second kappa shape index (κ2) is 4.84. The largest absolute Gasteiger partial charge is 0.495 e. The number of hydrogen-bond acceptors (Lipinski definition) is 3. The Balaban J connectivity index is 1.88. The maximum absolute atomic E-state index is 10.7. The minimum absolute atomic E-state index is 0.184. The lowest BCUT2D eigenvalue weighted by atomic mass is 10.2. The Bertz CT molecular complexity index is 436. The van der Waals surface area contributed by atoms with E-state index in [1.54, 1.807) is 19.2 Å². The van der Waals surface area contributed by atoms with Gasteiger partial charge in [-0.15, -0.1) is 0 Å². The number of methoxy groups -OCH3 is 1. The molecular weight excluding hydrogens is 242 g/mol. The van der Waals surface area contributed by atoms with Crippen molar-refractivity contribution >= 4 is 23.3 Å². The molecule has 92 valence electrons. The van der Waals surface area contributed by atoms with E-state index in [1.165, 1.54) is 0 Å². The average molecular weight is 256 g/mol. The molecule has 1 aliphatic carbocycles. The van der Waals surface area contributed by atoms with Gasteiger partial charge >= 0.3 is 5.97 Å². The topological polar surface area (TPSA) is 58.6 Å². The molecule has 0 saturated heterocycles. The highest BCUT2D eigenvalue weighted by Crippen LogP contribution is 2.38. The van der Waals surface area contributed by atoms with Crippen LogP contribution in [0.25, 0.3) is 0 Å². The first-order chi connectivity index (χ1) is 8.11. The van der Waals surface area contributed by atoms with Gasteiger partial charge in [-0.3, -0.25) is 4.79 Å². The van der Waals surface area contributed by atoms with Gasteiger partial charge in [-0.25, -0.2) is 0 Å². The van der Waals surface area contributed by atoms with Crippen molar-refractivity contribution in [3.63, 3.8) is 0 Å². The molecule has 2 N–H and O–H groups in total. The third kappa shape index (κ3) is 2.82. The van der Waals surface area contributed by atoms with Gasteiger partial charge in [0.25, 0.3) is 0 Å². The Morgan fingerprint density at radius 1 is 1.65 bits per heavy atom. The summed E-state index contributed by atoms with van der Waals surface area (Å²) in [5.74, 6) is -0.0267. The first kappa shape index (κ1) is 12.0. The fourth-order valence-electron chi connectivity index (χ4n) is 1.80. The molecule has 2 unspecified atom stereocenters. The predicted molar refractivity (Wildman–Crippen MR) is 65.7 cm³/mol. The minimum atomic E-state index is -0.704. The van der Waals surface area contributed by atoms with Crippen LogP contribution in [0.3, 0.4) is 0 Å². The quantitative estimate of drug-likeness (QED) is 0.849. The second-order valence-electron chi connectivity index (χ2n) is 4.17. The molecular formula is C12H14ClNO3. The molecule has 0 heterocycles. The number of aliphatic carboxylic acids is 1. The van der Waals surface area contributed by atoms with Gasteiger partial charge in [0.15, 0.2) is 0 Å². The van der Waals surface area contributed by atoms with Crippen molar-refractivity contribution in [1.29, 1.82) is 0 Å². The van der Waals surface area contributed by atoms with Gasteiger partial charge in [0.2, 0.25) is 0 Å². The standard InChI is InChI=1S/C12H14ClNO3/c1-17-11-3-2-8(5-10(11)13)14-6-7-4-9(7)12(15)16/h2-3,5,7,9,14H,4,6H2,1H3,(H,15,16). The number of nitrogens with one attached hydrogen (secondary N) is 1. The molecule has 0 aromatic heterocycles. The van der Waals surface area contributed by atoms with Crippen LogP contribution in [0.2, 0.25) is 5.02 Å². The Morgan fingerprint density at radius 3 is 2.94 bits per heavy atom. The van der Waals surface area contributed by atoms with E-state index in [1.807, 2.05) is 6.07 Å². The van der Waals surface area contributed by atoms with Gasteiger partial charge in [-0.1, -0.05) is 11.6 Å². The molecule has 0 radical (unpaired) electrons. The predicted octanol–water partition coefficient (Wildman–Crippen LogP) is 2.48. The number of hydrogen-bond donors (Lipinski definition) is 2. The molecule has 0 amide bonds. The van der Waals surface area contributed by atoms with E-state index in [9.17, 15) is 4.79 Å². The van der Waals surface area contributed by atoms with Crippen molar-refractivity contribution in [3.8, 4) is 5.75 Å². The molecule has 0 aliphatic heterocycles. The second-order valence-corrected chi connectivity index (χ2v) is 4.58. The van der Waals surface area contributed by atoms with Crippen LogP contribution in [0.5, 0.6) is 5.75 Å². The van der Waals surface area contributed by atoms with E-state index in [-0.39, 0.29) is 11.8 Å². The van der Waals surface area contributed by atoms with E-state index in [0.29, 0.717) is 17.3 Å². The van der Waals surface area contributed by atoms with Crippen LogP contribution in [0.15, 0.2) is 18.2 Å². The fraction of sp³-hybridized carbons (Fsp3) is 0.417. The highest BCUT2D eigenvalue weighted by Gasteiger charge is 2.42. The lowest BCUT2D eigenvalue weighted by molar-refractivity contribution is -0.138. The molecule has 1 saturated carbocycles. The van der Waals surface area contributed by atoms with Crippen LogP contribution >= 0.6 is 11.6 Å². The summed E-state index contributed by atoms with van der Waals surface area (Å²) in [6.07, 6.45) is 0.756. The Hall–Kier alpha value is -1.42. The highest BCUT2D eigenvalue weighted by atomic mass is 35.5. The number of benzene rings is 1. The third-order valence-electron chi connectivity index (χ3n) is 2.96. The van der Waals surface area contributed by atoms with Crippen molar-refractivity contribution in [2.75, 3.05) is 19.0 Å². The van der Waals surface area contributed by atoms with Crippen molar-refractivity contribution in [3.05, 3.63) is 23.2 Å². The van der Waals surface area contributed by atoms with E-state index < -0.39 is 5.97 Å². The van der Waals surface area contributed by atoms with Gasteiger partial charge in [0.05, 0.1) is 18.1 Å². The van der Waals surface area contributed by atoms with Gasteiger partial charge in [-0.2, -0.15) is 0 Å². The number of ether oxygens (including phenoxy) is 1. The van der Waals surface area contributed by atoms with Gasteiger partial charge < -0.3 is 15.2 Å². The molecule has 4 nitrogen and oxygen atoms in total. The van der Waals surface area contributed by atoms with E-state index in [0.717, 1.165) is 12.1 Å². The summed E-state index contributed by atoms with van der Waals surface area (Å²) < 4.78 is 5.05. The first-order valence-corrected chi connectivity index (χ1v) is 5.80. The lowest BCUT2D eigenvalue weighted by Gasteiger charge is -2.08. The fourth-order valence-corrected chi connectivity index (χ4v) is 2.06. The van der Waals surface area contributed by atoms with Gasteiger partial charge in [0, 0.05) is 12.2 Å². The van der Waals surface area contributed by atoms with Gasteiger partial charge in [-0.05, 0) is 30.5 Å². The molecule has 1 fully saturated rings. The Morgan fingerprint density at radius 2 is 2.41 bits per heavy atom. The molecule has 17 heavy (non-hydrogen) atoms. The first-order valence-electron chi connectivity index (χ1n) is 5.42. The summed E-state index contributed by atoms with van der Waals surface area (Å²) in [6.45, 7) is 0.666. The number of carboxylic acids is 1. The zero-order valence-electron chi connectivity index (χ0n) is 9.44. The highest BCUT2D eigenvalue weighted by molar-refractivity contribution is 6.32.